The van der Waals surface area contributed by atoms with Crippen LogP contribution in [0.3, 0.4) is 0 Å². The number of methoxy groups -OCH3 is 2. The van der Waals surface area contributed by atoms with E-state index in [9.17, 15) is 4.79 Å². The number of likely N-dealkylation sites (N-methyl/N-ethyl adjacent to an activating group) is 1. The number of hydrogen-bond donors (Lipinski definition) is 0. The number of piperidine rings is 1. The first-order chi connectivity index (χ1) is 16.0. The lowest BCUT2D eigenvalue weighted by Crippen LogP contribution is -2.67. The summed E-state index contributed by atoms with van der Waals surface area (Å²) in [5.41, 5.74) is 6.31. The Kier molecular flexibility index (Phi) is 4.58. The van der Waals surface area contributed by atoms with E-state index in [1.54, 1.807) is 14.2 Å². The number of benzene rings is 2. The fraction of sp³-hybridized carbons (Fsp3) is 0.483. The summed E-state index contributed by atoms with van der Waals surface area (Å²) in [5, 5.41) is 0. The van der Waals surface area contributed by atoms with E-state index < -0.39 is 0 Å². The Hall–Kier alpha value is -2.59. The normalized spacial score (nSPS) is 33.9. The molecule has 4 atom stereocenters. The summed E-state index contributed by atoms with van der Waals surface area (Å²) in [4.78, 5) is 16.4. The molecule has 4 heteroatoms. The van der Waals surface area contributed by atoms with Gasteiger partial charge in [0.05, 0.1) is 14.2 Å². The van der Waals surface area contributed by atoms with Gasteiger partial charge in [-0.1, -0.05) is 42.0 Å². The lowest BCUT2D eigenvalue weighted by atomic mass is 9.44. The average molecular weight is 444 g/mol. The first kappa shape index (κ1) is 21.0. The number of carbonyl (C=O) groups is 1. The third-order valence-electron chi connectivity index (χ3n) is 9.58. The Morgan fingerprint density at radius 1 is 1.06 bits per heavy atom. The number of ketones is 1. The Bertz CT molecular complexity index is 1170. The molecule has 0 spiro atoms. The predicted molar refractivity (Wildman–Crippen MR) is 130 cm³/mol. The lowest BCUT2D eigenvalue weighted by molar-refractivity contribution is -0.138. The van der Waals surface area contributed by atoms with Gasteiger partial charge in [-0.05, 0) is 69.0 Å². The largest absolute Gasteiger partial charge is 0.493 e. The second-order valence-electron chi connectivity index (χ2n) is 10.5. The molecule has 4 nitrogen and oxygen atoms in total. The van der Waals surface area contributed by atoms with Gasteiger partial charge in [0.15, 0.2) is 11.5 Å². The summed E-state index contributed by atoms with van der Waals surface area (Å²) < 4.78 is 11.8. The smallest absolute Gasteiger partial charge is 0.164 e. The van der Waals surface area contributed by atoms with E-state index >= 15 is 0 Å². The van der Waals surface area contributed by atoms with E-state index in [0.29, 0.717) is 18.2 Å². The molecule has 6 rings (SSSR count). The van der Waals surface area contributed by atoms with Gasteiger partial charge in [0, 0.05) is 34.8 Å². The van der Waals surface area contributed by atoms with E-state index in [0.717, 1.165) is 43.7 Å². The molecule has 0 radical (unpaired) electrons. The topological polar surface area (TPSA) is 38.8 Å². The van der Waals surface area contributed by atoms with Gasteiger partial charge in [-0.25, -0.2) is 0 Å². The van der Waals surface area contributed by atoms with Crippen LogP contribution in [0.15, 0.2) is 48.0 Å². The third kappa shape index (κ3) is 2.48. The SMILES string of the molecule is COc1ccc2c(c1OC)[C@]13CCN(C)[C@@H](C2)[C@]12CCC(=O)[C@@H]3/C(=C(\C)c1ccccc1)C2. The van der Waals surface area contributed by atoms with Gasteiger partial charge in [0.1, 0.15) is 5.78 Å². The van der Waals surface area contributed by atoms with Gasteiger partial charge in [-0.2, -0.15) is 0 Å². The van der Waals surface area contributed by atoms with E-state index in [4.69, 9.17) is 9.47 Å². The number of hydrogen-bond acceptors (Lipinski definition) is 4. The Morgan fingerprint density at radius 3 is 2.58 bits per heavy atom. The van der Waals surface area contributed by atoms with Crippen molar-refractivity contribution in [3.8, 4) is 11.5 Å². The van der Waals surface area contributed by atoms with Crippen molar-refractivity contribution in [2.24, 2.45) is 11.3 Å². The molecule has 0 aromatic heterocycles. The minimum Gasteiger partial charge on any atom is -0.493 e. The summed E-state index contributed by atoms with van der Waals surface area (Å²) in [5.74, 6) is 1.96. The van der Waals surface area contributed by atoms with Crippen molar-refractivity contribution in [2.45, 2.75) is 50.5 Å². The van der Waals surface area contributed by atoms with Crippen LogP contribution < -0.4 is 9.47 Å². The van der Waals surface area contributed by atoms with Crippen LogP contribution in [-0.4, -0.2) is 44.5 Å². The van der Waals surface area contributed by atoms with E-state index in [2.05, 4.69) is 55.3 Å². The fourth-order valence-electron chi connectivity index (χ4n) is 8.29. The summed E-state index contributed by atoms with van der Waals surface area (Å²) in [6, 6.07) is 15.3. The molecule has 1 heterocycles. The van der Waals surface area contributed by atoms with Crippen molar-refractivity contribution in [3.05, 3.63) is 64.7 Å². The number of carbonyl (C=O) groups excluding carboxylic acids is 1. The van der Waals surface area contributed by atoms with Crippen LogP contribution in [-0.2, 0) is 16.6 Å². The summed E-state index contributed by atoms with van der Waals surface area (Å²) >= 11 is 0. The molecule has 0 amide bonds. The molecular weight excluding hydrogens is 410 g/mol. The van der Waals surface area contributed by atoms with Crippen LogP contribution in [0, 0.1) is 11.3 Å². The van der Waals surface area contributed by atoms with Crippen LogP contribution in [0.5, 0.6) is 11.5 Å². The number of likely N-dealkylation sites (tertiary alicyclic amines) is 1. The van der Waals surface area contributed by atoms with Crippen LogP contribution in [0.4, 0.5) is 0 Å². The zero-order chi connectivity index (χ0) is 23.0. The number of fused-ring (bicyclic) bond motifs is 1. The highest BCUT2D eigenvalue weighted by atomic mass is 16.5. The summed E-state index contributed by atoms with van der Waals surface area (Å²) in [7, 11) is 5.75. The highest BCUT2D eigenvalue weighted by Gasteiger charge is 2.73. The molecule has 2 aromatic rings. The number of Topliss-reactive ketones (excluding diaryl/α,β-unsaturated/α-hetero) is 1. The number of allylic oxidation sites excluding steroid dienone is 2. The van der Waals surface area contributed by atoms with Crippen LogP contribution in [0.25, 0.3) is 5.57 Å². The molecule has 4 bridgehead atoms. The quantitative estimate of drug-likeness (QED) is 0.666. The second kappa shape index (κ2) is 7.20. The molecule has 3 fully saturated rings. The van der Waals surface area contributed by atoms with E-state index in [1.807, 2.05) is 6.07 Å². The Labute approximate surface area is 196 Å². The van der Waals surface area contributed by atoms with Gasteiger partial charge >= 0.3 is 0 Å². The highest BCUT2D eigenvalue weighted by molar-refractivity contribution is 5.92. The Morgan fingerprint density at radius 2 is 1.85 bits per heavy atom. The number of ether oxygens (including phenoxy) is 2. The van der Waals surface area contributed by atoms with Gasteiger partial charge in [0.25, 0.3) is 0 Å². The van der Waals surface area contributed by atoms with Crippen molar-refractivity contribution >= 4 is 11.4 Å². The highest BCUT2D eigenvalue weighted by Crippen LogP contribution is 2.74. The van der Waals surface area contributed by atoms with Crippen molar-refractivity contribution in [2.75, 3.05) is 27.8 Å². The zero-order valence-electron chi connectivity index (χ0n) is 20.1. The van der Waals surface area contributed by atoms with E-state index in [-0.39, 0.29) is 16.7 Å². The average Bonchev–Trinajstić information content (AvgIpc) is 3.08. The monoisotopic (exact) mass is 443 g/mol. The minimum atomic E-state index is -0.224. The minimum absolute atomic E-state index is 0.0522. The number of nitrogens with zero attached hydrogens (tertiary/aromatic N) is 1. The van der Waals surface area contributed by atoms with Crippen molar-refractivity contribution in [1.82, 2.24) is 4.90 Å². The van der Waals surface area contributed by atoms with E-state index in [1.165, 1.54) is 27.8 Å². The summed E-state index contributed by atoms with van der Waals surface area (Å²) in [6.07, 6.45) is 4.64. The maximum absolute atomic E-state index is 13.9. The van der Waals surface area contributed by atoms with Gasteiger partial charge < -0.3 is 14.4 Å². The predicted octanol–water partition coefficient (Wildman–Crippen LogP) is 5.04. The molecule has 2 aromatic carbocycles. The molecule has 4 aliphatic rings. The number of rotatable bonds is 3. The molecule has 3 aliphatic carbocycles. The first-order valence-corrected chi connectivity index (χ1v) is 12.2. The second-order valence-corrected chi connectivity index (χ2v) is 10.5. The maximum Gasteiger partial charge on any atom is 0.164 e. The van der Waals surface area contributed by atoms with Crippen LogP contribution in [0.1, 0.15) is 49.3 Å². The molecular formula is C29H33NO3. The Balaban J connectivity index is 1.69. The van der Waals surface area contributed by atoms with Gasteiger partial charge in [-0.3, -0.25) is 4.79 Å². The zero-order valence-corrected chi connectivity index (χ0v) is 20.1. The van der Waals surface area contributed by atoms with Crippen molar-refractivity contribution in [1.29, 1.82) is 0 Å². The molecule has 1 saturated heterocycles. The standard InChI is InChI=1S/C29H33NO3/c1-18(19-8-6-5-7-9-19)21-17-28-13-12-22(31)26(21)29(28)14-15-30(2)24(28)16-20-10-11-23(32-3)27(33-4)25(20)29/h5-11,24,26H,12-17H2,1-4H3/b21-18+/t24-,26-,28+,29-/m0/s1. The molecule has 2 saturated carbocycles. The van der Waals surface area contributed by atoms with Crippen molar-refractivity contribution < 1.29 is 14.3 Å². The van der Waals surface area contributed by atoms with Crippen LogP contribution in [0.2, 0.25) is 0 Å². The van der Waals surface area contributed by atoms with Crippen molar-refractivity contribution in [3.63, 3.8) is 0 Å². The molecule has 33 heavy (non-hydrogen) atoms. The maximum atomic E-state index is 13.9. The van der Waals surface area contributed by atoms with Crippen LogP contribution >= 0.6 is 0 Å². The molecule has 172 valence electrons. The first-order valence-electron chi connectivity index (χ1n) is 12.2. The fourth-order valence-corrected chi connectivity index (χ4v) is 8.29. The molecule has 0 N–H and O–H groups in total. The molecule has 1 aliphatic heterocycles. The summed E-state index contributed by atoms with van der Waals surface area (Å²) in [6.45, 7) is 3.24. The van der Waals surface area contributed by atoms with Gasteiger partial charge in [-0.15, -0.1) is 0 Å². The van der Waals surface area contributed by atoms with Gasteiger partial charge in [0.2, 0.25) is 0 Å². The molecule has 0 unspecified atom stereocenters. The third-order valence-corrected chi connectivity index (χ3v) is 9.58. The lowest BCUT2D eigenvalue weighted by Gasteiger charge is -2.64.